The largest absolute Gasteiger partial charge is 0.481 e. The van der Waals surface area contributed by atoms with Crippen molar-refractivity contribution in [1.29, 1.82) is 0 Å². The zero-order valence-corrected chi connectivity index (χ0v) is 10.2. The van der Waals surface area contributed by atoms with Gasteiger partial charge in [-0.1, -0.05) is 0 Å². The fourth-order valence-corrected chi connectivity index (χ4v) is 2.51. The van der Waals surface area contributed by atoms with E-state index >= 15 is 0 Å². The number of ether oxygens (including phenoxy) is 2. The van der Waals surface area contributed by atoms with Gasteiger partial charge >= 0.3 is 5.97 Å². The molecular formula is C12H22O4. The summed E-state index contributed by atoms with van der Waals surface area (Å²) in [5.74, 6) is -0.781. The first-order valence-corrected chi connectivity index (χ1v) is 5.87. The Labute approximate surface area is 96.9 Å². The minimum Gasteiger partial charge on any atom is -0.481 e. The molecule has 1 aliphatic carbocycles. The predicted molar refractivity (Wildman–Crippen MR) is 60.4 cm³/mol. The second-order valence-electron chi connectivity index (χ2n) is 4.65. The van der Waals surface area contributed by atoms with Crippen LogP contribution in [0.25, 0.3) is 0 Å². The van der Waals surface area contributed by atoms with Crippen LogP contribution in [0, 0.1) is 11.3 Å². The molecule has 1 N–H and O–H groups in total. The average molecular weight is 230 g/mol. The Morgan fingerprint density at radius 1 is 1.25 bits per heavy atom. The van der Waals surface area contributed by atoms with Crippen molar-refractivity contribution in [3.8, 4) is 0 Å². The monoisotopic (exact) mass is 230 g/mol. The van der Waals surface area contributed by atoms with Crippen molar-refractivity contribution in [1.82, 2.24) is 0 Å². The molecule has 94 valence electrons. The summed E-state index contributed by atoms with van der Waals surface area (Å²) >= 11 is 0. The molecule has 0 aromatic rings. The van der Waals surface area contributed by atoms with E-state index in [0.29, 0.717) is 0 Å². The summed E-state index contributed by atoms with van der Waals surface area (Å²) in [5.41, 5.74) is 0.0306. The summed E-state index contributed by atoms with van der Waals surface area (Å²) in [5, 5.41) is 9.04. The smallest absolute Gasteiger partial charge is 0.307 e. The molecule has 1 saturated carbocycles. The third kappa shape index (κ3) is 3.46. The molecule has 1 unspecified atom stereocenters. The maximum atomic E-state index is 11.0. The van der Waals surface area contributed by atoms with E-state index in [0.717, 1.165) is 45.3 Å². The predicted octanol–water partition coefficient (Wildman–Crippen LogP) is 1.93. The molecule has 1 fully saturated rings. The van der Waals surface area contributed by atoms with Gasteiger partial charge in [0.2, 0.25) is 0 Å². The Bertz CT molecular complexity index is 217. The fraction of sp³-hybridized carbons (Fsp3) is 0.917. The Morgan fingerprint density at radius 2 is 1.75 bits per heavy atom. The van der Waals surface area contributed by atoms with E-state index in [1.165, 1.54) is 0 Å². The van der Waals surface area contributed by atoms with Crippen LogP contribution in [0.4, 0.5) is 0 Å². The van der Waals surface area contributed by atoms with Crippen molar-refractivity contribution in [2.45, 2.75) is 32.1 Å². The van der Waals surface area contributed by atoms with Gasteiger partial charge in [-0.3, -0.25) is 4.79 Å². The minimum atomic E-state index is -0.644. The van der Waals surface area contributed by atoms with Crippen LogP contribution >= 0.6 is 0 Å². The number of methoxy groups -OCH3 is 2. The van der Waals surface area contributed by atoms with Gasteiger partial charge in [-0.25, -0.2) is 0 Å². The van der Waals surface area contributed by atoms with Crippen LogP contribution < -0.4 is 0 Å². The molecule has 0 spiro atoms. The Balaban J connectivity index is 2.35. The van der Waals surface area contributed by atoms with Gasteiger partial charge in [0.1, 0.15) is 0 Å². The number of rotatable bonds is 9. The molecule has 0 saturated heterocycles. The van der Waals surface area contributed by atoms with Crippen LogP contribution in [-0.4, -0.2) is 38.5 Å². The standard InChI is InChI=1S/C12H22O4/c1-15-7-3-5-12(6-4-8-16-2)9-10(12)11(13)14/h10H,3-9H2,1-2H3,(H,13,14). The SMILES string of the molecule is COCCCC1(CCCOC)CC1C(=O)O. The van der Waals surface area contributed by atoms with Gasteiger partial charge in [-0.15, -0.1) is 0 Å². The van der Waals surface area contributed by atoms with E-state index in [1.54, 1.807) is 14.2 Å². The number of carboxylic acids is 1. The lowest BCUT2D eigenvalue weighted by Crippen LogP contribution is -2.12. The van der Waals surface area contributed by atoms with Gasteiger partial charge in [0, 0.05) is 27.4 Å². The van der Waals surface area contributed by atoms with Crippen molar-refractivity contribution in [3.63, 3.8) is 0 Å². The number of carbonyl (C=O) groups is 1. The van der Waals surface area contributed by atoms with E-state index in [2.05, 4.69) is 0 Å². The molecule has 1 atom stereocenters. The number of carboxylic acid groups (broad SMARTS) is 1. The Morgan fingerprint density at radius 3 is 2.06 bits per heavy atom. The summed E-state index contributed by atoms with van der Waals surface area (Å²) in [6.07, 6.45) is 4.65. The van der Waals surface area contributed by atoms with Gasteiger partial charge in [0.25, 0.3) is 0 Å². The van der Waals surface area contributed by atoms with Gasteiger partial charge in [0.15, 0.2) is 0 Å². The molecule has 0 aromatic heterocycles. The highest BCUT2D eigenvalue weighted by Crippen LogP contribution is 2.59. The lowest BCUT2D eigenvalue weighted by Gasteiger charge is -2.15. The molecule has 4 heteroatoms. The second-order valence-corrected chi connectivity index (χ2v) is 4.65. The maximum Gasteiger partial charge on any atom is 0.307 e. The van der Waals surface area contributed by atoms with Gasteiger partial charge < -0.3 is 14.6 Å². The number of aliphatic carboxylic acids is 1. The molecule has 0 heterocycles. The molecule has 0 radical (unpaired) electrons. The lowest BCUT2D eigenvalue weighted by molar-refractivity contribution is -0.139. The third-order valence-corrected chi connectivity index (χ3v) is 3.53. The normalized spacial score (nSPS) is 22.0. The zero-order chi connectivity index (χ0) is 12.0. The topological polar surface area (TPSA) is 55.8 Å². The molecule has 1 aliphatic rings. The van der Waals surface area contributed by atoms with Crippen molar-refractivity contribution in [2.24, 2.45) is 11.3 Å². The molecule has 0 bridgehead atoms. The fourth-order valence-electron chi connectivity index (χ4n) is 2.51. The van der Waals surface area contributed by atoms with E-state index < -0.39 is 5.97 Å². The highest BCUT2D eigenvalue weighted by molar-refractivity contribution is 5.74. The molecule has 16 heavy (non-hydrogen) atoms. The highest BCUT2D eigenvalue weighted by atomic mass is 16.5. The summed E-state index contributed by atoms with van der Waals surface area (Å²) in [7, 11) is 3.36. The molecule has 0 amide bonds. The van der Waals surface area contributed by atoms with Gasteiger partial charge in [-0.2, -0.15) is 0 Å². The first kappa shape index (κ1) is 13.5. The molecular weight excluding hydrogens is 208 g/mol. The highest BCUT2D eigenvalue weighted by Gasteiger charge is 2.56. The van der Waals surface area contributed by atoms with Crippen LogP contribution in [0.2, 0.25) is 0 Å². The van der Waals surface area contributed by atoms with Crippen LogP contribution in [-0.2, 0) is 14.3 Å². The van der Waals surface area contributed by atoms with Crippen molar-refractivity contribution >= 4 is 5.97 Å². The van der Waals surface area contributed by atoms with Crippen molar-refractivity contribution in [2.75, 3.05) is 27.4 Å². The van der Waals surface area contributed by atoms with Crippen LogP contribution in [0.1, 0.15) is 32.1 Å². The Kier molecular flexibility index (Phi) is 5.22. The molecule has 4 nitrogen and oxygen atoms in total. The van der Waals surface area contributed by atoms with E-state index in [-0.39, 0.29) is 11.3 Å². The summed E-state index contributed by atoms with van der Waals surface area (Å²) in [6.45, 7) is 1.44. The lowest BCUT2D eigenvalue weighted by atomic mass is 9.91. The van der Waals surface area contributed by atoms with Crippen LogP contribution in [0.3, 0.4) is 0 Å². The molecule has 1 rings (SSSR count). The second kappa shape index (κ2) is 6.21. The van der Waals surface area contributed by atoms with Gasteiger partial charge in [0.05, 0.1) is 5.92 Å². The van der Waals surface area contributed by atoms with Crippen LogP contribution in [0.15, 0.2) is 0 Å². The summed E-state index contributed by atoms with van der Waals surface area (Å²) in [4.78, 5) is 11.0. The number of hydrogen-bond donors (Lipinski definition) is 1. The summed E-state index contributed by atoms with van der Waals surface area (Å²) < 4.78 is 10.0. The van der Waals surface area contributed by atoms with Gasteiger partial charge in [-0.05, 0) is 37.5 Å². The zero-order valence-electron chi connectivity index (χ0n) is 10.2. The van der Waals surface area contributed by atoms with E-state index in [4.69, 9.17) is 14.6 Å². The van der Waals surface area contributed by atoms with Crippen molar-refractivity contribution in [3.05, 3.63) is 0 Å². The molecule has 0 aliphatic heterocycles. The average Bonchev–Trinajstić information content (AvgIpc) is 2.94. The minimum absolute atomic E-state index is 0.0306. The maximum absolute atomic E-state index is 11.0. The molecule has 0 aromatic carbocycles. The first-order valence-electron chi connectivity index (χ1n) is 5.87. The quantitative estimate of drug-likeness (QED) is 0.615. The first-order chi connectivity index (χ1) is 7.66. The summed E-state index contributed by atoms with van der Waals surface area (Å²) in [6, 6.07) is 0. The van der Waals surface area contributed by atoms with Crippen LogP contribution in [0.5, 0.6) is 0 Å². The van der Waals surface area contributed by atoms with E-state index in [1.807, 2.05) is 0 Å². The van der Waals surface area contributed by atoms with Crippen molar-refractivity contribution < 1.29 is 19.4 Å². The van der Waals surface area contributed by atoms with E-state index in [9.17, 15) is 4.79 Å². The third-order valence-electron chi connectivity index (χ3n) is 3.53. The Hall–Kier alpha value is -0.610. The number of hydrogen-bond acceptors (Lipinski definition) is 3.